The first-order valence-electron chi connectivity index (χ1n) is 12.4. The molecular weight excluding hydrogens is 523 g/mol. The normalized spacial score (nSPS) is 11.8. The Kier molecular flexibility index (Phi) is 12.0. The molecule has 4 nitrogen and oxygen atoms in total. The third-order valence-electron chi connectivity index (χ3n) is 7.07. The van der Waals surface area contributed by atoms with Crippen LogP contribution in [0.15, 0.2) is 67.0 Å². The number of halogens is 1. The van der Waals surface area contributed by atoms with Crippen LogP contribution in [-0.4, -0.2) is 28.0 Å². The van der Waals surface area contributed by atoms with Gasteiger partial charge in [-0.15, -0.1) is 0 Å². The summed E-state index contributed by atoms with van der Waals surface area (Å²) < 4.78 is 0. The molecule has 0 saturated carbocycles. The van der Waals surface area contributed by atoms with E-state index >= 15 is 0 Å². The number of phenolic OH excluding ortho intramolecular Hbond substituents is 1. The number of rotatable bonds is 10. The summed E-state index contributed by atoms with van der Waals surface area (Å²) in [6.45, 7) is 16.1. The number of phenols is 1. The summed E-state index contributed by atoms with van der Waals surface area (Å²) in [5, 5.41) is 12.8. The first-order valence-corrected chi connectivity index (χ1v) is 18.5. The maximum atomic E-state index is 11.6. The summed E-state index contributed by atoms with van der Waals surface area (Å²) in [6, 6.07) is 18.4. The van der Waals surface area contributed by atoms with Crippen molar-refractivity contribution >= 4 is 23.0 Å². The van der Waals surface area contributed by atoms with Crippen molar-refractivity contribution in [3.8, 4) is 5.75 Å². The van der Waals surface area contributed by atoms with E-state index in [9.17, 15) is 5.11 Å². The van der Waals surface area contributed by atoms with E-state index in [2.05, 4.69) is 86.7 Å². The van der Waals surface area contributed by atoms with Gasteiger partial charge >= 0.3 is 27.0 Å². The topological polar surface area (TPSA) is 49.2 Å². The minimum atomic E-state index is -1.97. The molecule has 0 unspecified atom stereocenters. The van der Waals surface area contributed by atoms with Crippen molar-refractivity contribution in [3.63, 3.8) is 0 Å². The molecule has 0 amide bonds. The van der Waals surface area contributed by atoms with Crippen molar-refractivity contribution < 1.29 is 22.4 Å². The second kappa shape index (κ2) is 14.2. The zero-order valence-corrected chi connectivity index (χ0v) is 26.8. The monoisotopic (exact) mass is 560 g/mol. The van der Waals surface area contributed by atoms with Gasteiger partial charge in [0.2, 0.25) is 0 Å². The van der Waals surface area contributed by atoms with E-state index in [1.807, 2.05) is 36.7 Å². The molecule has 7 heteroatoms. The van der Waals surface area contributed by atoms with Crippen molar-refractivity contribution in [1.29, 1.82) is 0 Å². The zero-order chi connectivity index (χ0) is 26.0. The molecule has 0 aliphatic heterocycles. The molecule has 3 aromatic rings. The molecule has 1 aromatic carbocycles. The van der Waals surface area contributed by atoms with Gasteiger partial charge in [-0.2, -0.15) is 0 Å². The standard InChI is InChI=1S/C28H39N3OSi.ClH.Zn/c1-21(2)33(22(3)4,23(5)6)27-15-11-12-24(28(27)32)18-31(19-25-13-7-9-16-29-25)20-26-14-8-10-17-30-26;;/h7-17,21-23,32H,18-20H2,1-6H3;1H;/q;;+2/p-1. The van der Waals surface area contributed by atoms with Gasteiger partial charge in [0, 0.05) is 37.6 Å². The molecule has 0 radical (unpaired) electrons. The fourth-order valence-corrected chi connectivity index (χ4v) is 12.7. The Bertz CT molecular complexity index is 956. The van der Waals surface area contributed by atoms with E-state index in [1.54, 1.807) is 0 Å². The van der Waals surface area contributed by atoms with Crippen LogP contribution in [0.2, 0.25) is 16.6 Å². The number of benzene rings is 1. The van der Waals surface area contributed by atoms with Gasteiger partial charge in [-0.3, -0.25) is 14.9 Å². The third-order valence-corrected chi connectivity index (χ3v) is 14.1. The van der Waals surface area contributed by atoms with E-state index in [-0.39, 0.29) is 0 Å². The van der Waals surface area contributed by atoms with Gasteiger partial charge in [-0.1, -0.05) is 71.9 Å². The SMILES string of the molecule is CC(C)[Si](c1cccc(CN(Cc2ccccn2)Cc2ccccn2)c1O)(C(C)C)C(C)C.[Cl][Zn+]. The van der Waals surface area contributed by atoms with E-state index in [0.29, 0.717) is 42.0 Å². The van der Waals surface area contributed by atoms with E-state index in [0.717, 1.165) is 34.3 Å². The molecule has 184 valence electrons. The molecule has 0 saturated heterocycles. The number of pyridine rings is 2. The molecular formula is C28H39ClN3OSiZn+. The van der Waals surface area contributed by atoms with Crippen molar-refractivity contribution in [2.24, 2.45) is 0 Å². The Morgan fingerprint density at radius 1 is 0.743 bits per heavy atom. The van der Waals surface area contributed by atoms with E-state index in [4.69, 9.17) is 9.69 Å². The first-order chi connectivity index (χ1) is 16.8. The van der Waals surface area contributed by atoms with Crippen molar-refractivity contribution in [2.45, 2.75) is 77.8 Å². The third kappa shape index (κ3) is 7.22. The van der Waals surface area contributed by atoms with Gasteiger partial charge < -0.3 is 5.11 Å². The van der Waals surface area contributed by atoms with Crippen LogP contribution in [0.25, 0.3) is 0 Å². The molecule has 35 heavy (non-hydrogen) atoms. The maximum absolute atomic E-state index is 11.6. The Hall–Kier alpha value is -1.59. The number of hydrogen-bond donors (Lipinski definition) is 1. The van der Waals surface area contributed by atoms with Gasteiger partial charge in [-0.05, 0) is 46.1 Å². The van der Waals surface area contributed by atoms with Crippen LogP contribution in [0.1, 0.15) is 58.5 Å². The van der Waals surface area contributed by atoms with Gasteiger partial charge in [0.05, 0.1) is 19.5 Å². The average Bonchev–Trinajstić information content (AvgIpc) is 2.83. The van der Waals surface area contributed by atoms with Gasteiger partial charge in [0.1, 0.15) is 5.75 Å². The summed E-state index contributed by atoms with van der Waals surface area (Å²) in [5.74, 6) is 0.493. The molecule has 0 aliphatic rings. The Morgan fingerprint density at radius 3 is 1.63 bits per heavy atom. The summed E-state index contributed by atoms with van der Waals surface area (Å²) in [7, 11) is 2.79. The fraction of sp³-hybridized carbons (Fsp3) is 0.429. The van der Waals surface area contributed by atoms with Crippen LogP contribution in [0.5, 0.6) is 5.75 Å². The first kappa shape index (κ1) is 29.6. The molecule has 0 atom stereocenters. The molecule has 3 rings (SSSR count). The second-order valence-corrected chi connectivity index (χ2v) is 15.9. The number of aromatic nitrogens is 2. The van der Waals surface area contributed by atoms with Crippen molar-refractivity contribution in [3.05, 3.63) is 83.9 Å². The van der Waals surface area contributed by atoms with Crippen LogP contribution < -0.4 is 5.19 Å². The predicted molar refractivity (Wildman–Crippen MR) is 146 cm³/mol. The summed E-state index contributed by atoms with van der Waals surface area (Å²) >= 11 is 0.847. The van der Waals surface area contributed by atoms with E-state index in [1.165, 1.54) is 5.19 Å². The van der Waals surface area contributed by atoms with Gasteiger partial charge in [0.25, 0.3) is 0 Å². The Morgan fingerprint density at radius 2 is 1.23 bits per heavy atom. The molecule has 2 aromatic heterocycles. The van der Waals surface area contributed by atoms with Crippen molar-refractivity contribution in [1.82, 2.24) is 14.9 Å². The van der Waals surface area contributed by atoms with Crippen LogP contribution in [-0.2, 0) is 36.9 Å². The Labute approximate surface area is 226 Å². The van der Waals surface area contributed by atoms with Crippen LogP contribution in [0.4, 0.5) is 0 Å². The summed E-state index contributed by atoms with van der Waals surface area (Å²) in [5.41, 5.74) is 4.63. The van der Waals surface area contributed by atoms with Crippen LogP contribution in [0, 0.1) is 0 Å². The average molecular weight is 563 g/mol. The summed E-state index contributed by atoms with van der Waals surface area (Å²) in [4.78, 5) is 11.4. The minimum absolute atomic E-state index is 0.493. The molecule has 2 heterocycles. The number of hydrogen-bond acceptors (Lipinski definition) is 4. The number of para-hydroxylation sites is 1. The van der Waals surface area contributed by atoms with Gasteiger partial charge in [-0.25, -0.2) is 0 Å². The number of aromatic hydroxyl groups is 1. The van der Waals surface area contributed by atoms with Crippen LogP contribution in [0.3, 0.4) is 0 Å². The Balaban J connectivity index is 0.00000210. The van der Waals surface area contributed by atoms with Crippen molar-refractivity contribution in [2.75, 3.05) is 0 Å². The second-order valence-electron chi connectivity index (χ2n) is 10.00. The van der Waals surface area contributed by atoms with Gasteiger partial charge in [0.15, 0.2) is 0 Å². The van der Waals surface area contributed by atoms with E-state index < -0.39 is 8.07 Å². The predicted octanol–water partition coefficient (Wildman–Crippen LogP) is 6.96. The van der Waals surface area contributed by atoms with Crippen LogP contribution >= 0.6 is 9.69 Å². The fourth-order valence-electron chi connectivity index (χ4n) is 5.85. The molecule has 0 spiro atoms. The zero-order valence-electron chi connectivity index (χ0n) is 22.1. The number of nitrogens with zero attached hydrogens (tertiary/aromatic N) is 3. The molecule has 0 bridgehead atoms. The summed E-state index contributed by atoms with van der Waals surface area (Å²) in [6.07, 6.45) is 3.67. The quantitative estimate of drug-likeness (QED) is 0.272. The molecule has 0 fully saturated rings. The molecule has 1 N–H and O–H groups in total. The molecule has 0 aliphatic carbocycles.